The number of amides is 1. The standard InChI is InChI=1S/C19H25N3O3S.ClH/c1-14-9-10-17(19(23)22(3)15(2)12-20)11-18(14)26(24,25)21-13-16-7-5-4-6-8-16;/h4-11,15,21H,12-13,20H2,1-3H3;1H. The number of hydrogen-bond donors (Lipinski definition) is 2. The smallest absolute Gasteiger partial charge is 0.253 e. The SMILES string of the molecule is Cc1ccc(C(=O)N(C)C(C)CN)cc1S(=O)(=O)NCc1ccccc1.Cl. The Morgan fingerprint density at radius 1 is 1.19 bits per heavy atom. The van der Waals surface area contributed by atoms with Crippen molar-refractivity contribution in [3.8, 4) is 0 Å². The van der Waals surface area contributed by atoms with Crippen molar-refractivity contribution in [3.63, 3.8) is 0 Å². The molecule has 1 unspecified atom stereocenters. The highest BCUT2D eigenvalue weighted by molar-refractivity contribution is 7.89. The molecule has 0 saturated heterocycles. The van der Waals surface area contributed by atoms with Crippen LogP contribution in [0.5, 0.6) is 0 Å². The van der Waals surface area contributed by atoms with Crippen molar-refractivity contribution in [2.45, 2.75) is 31.3 Å². The van der Waals surface area contributed by atoms with Crippen LogP contribution >= 0.6 is 12.4 Å². The number of carbonyl (C=O) groups excluding carboxylic acids is 1. The second-order valence-corrected chi connectivity index (χ2v) is 8.03. The molecule has 0 fully saturated rings. The van der Waals surface area contributed by atoms with Crippen molar-refractivity contribution >= 4 is 28.3 Å². The average Bonchev–Trinajstić information content (AvgIpc) is 2.65. The largest absolute Gasteiger partial charge is 0.338 e. The summed E-state index contributed by atoms with van der Waals surface area (Å²) in [5.41, 5.74) is 7.36. The molecule has 0 radical (unpaired) electrons. The van der Waals surface area contributed by atoms with Crippen LogP contribution in [-0.2, 0) is 16.6 Å². The van der Waals surface area contributed by atoms with Crippen LogP contribution in [0.1, 0.15) is 28.4 Å². The van der Waals surface area contributed by atoms with Gasteiger partial charge >= 0.3 is 0 Å². The Balaban J connectivity index is 0.00000364. The number of nitrogens with one attached hydrogen (secondary N) is 1. The van der Waals surface area contributed by atoms with E-state index < -0.39 is 10.0 Å². The van der Waals surface area contributed by atoms with Gasteiger partial charge in [-0.15, -0.1) is 12.4 Å². The van der Waals surface area contributed by atoms with E-state index in [9.17, 15) is 13.2 Å². The van der Waals surface area contributed by atoms with Crippen LogP contribution in [0.15, 0.2) is 53.4 Å². The van der Waals surface area contributed by atoms with Crippen LogP contribution in [0, 0.1) is 6.92 Å². The first-order chi connectivity index (χ1) is 12.3. The van der Waals surface area contributed by atoms with Crippen LogP contribution in [0.2, 0.25) is 0 Å². The van der Waals surface area contributed by atoms with Crippen molar-refractivity contribution in [1.82, 2.24) is 9.62 Å². The summed E-state index contributed by atoms with van der Waals surface area (Å²) in [5, 5.41) is 0. The van der Waals surface area contributed by atoms with Crippen molar-refractivity contribution in [3.05, 3.63) is 65.2 Å². The summed E-state index contributed by atoms with van der Waals surface area (Å²) in [6.45, 7) is 4.06. The van der Waals surface area contributed by atoms with E-state index in [2.05, 4.69) is 4.72 Å². The number of carbonyl (C=O) groups is 1. The number of benzene rings is 2. The third-order valence-corrected chi connectivity index (χ3v) is 5.90. The molecule has 1 atom stereocenters. The van der Waals surface area contributed by atoms with Gasteiger partial charge < -0.3 is 10.6 Å². The lowest BCUT2D eigenvalue weighted by atomic mass is 10.1. The second kappa shape index (κ2) is 9.85. The molecule has 0 aromatic heterocycles. The summed E-state index contributed by atoms with van der Waals surface area (Å²) in [7, 11) is -2.09. The fourth-order valence-corrected chi connectivity index (χ4v) is 3.72. The molecule has 0 aliphatic carbocycles. The van der Waals surface area contributed by atoms with E-state index in [-0.39, 0.29) is 35.8 Å². The molecule has 6 nitrogen and oxygen atoms in total. The van der Waals surface area contributed by atoms with Gasteiger partial charge in [0.05, 0.1) is 4.90 Å². The number of aryl methyl sites for hydroxylation is 1. The van der Waals surface area contributed by atoms with Gasteiger partial charge in [0.15, 0.2) is 0 Å². The van der Waals surface area contributed by atoms with Crippen LogP contribution in [0.3, 0.4) is 0 Å². The Morgan fingerprint density at radius 3 is 2.41 bits per heavy atom. The number of nitrogens with two attached hydrogens (primary N) is 1. The topological polar surface area (TPSA) is 92.5 Å². The van der Waals surface area contributed by atoms with Gasteiger partial charge in [0.2, 0.25) is 10.0 Å². The second-order valence-electron chi connectivity index (χ2n) is 6.29. The molecule has 8 heteroatoms. The molecule has 2 aromatic carbocycles. The molecule has 27 heavy (non-hydrogen) atoms. The highest BCUT2D eigenvalue weighted by atomic mass is 35.5. The molecular weight excluding hydrogens is 386 g/mol. The van der Waals surface area contributed by atoms with Crippen LogP contribution in [-0.4, -0.2) is 38.9 Å². The molecule has 1 amide bonds. The average molecular weight is 412 g/mol. The van der Waals surface area contributed by atoms with Crippen molar-refractivity contribution in [2.24, 2.45) is 5.73 Å². The Hall–Kier alpha value is -1.93. The molecule has 0 aliphatic rings. The number of nitrogens with zero attached hydrogens (tertiary/aromatic N) is 1. The first-order valence-corrected chi connectivity index (χ1v) is 9.86. The predicted octanol–water partition coefficient (Wildman–Crippen LogP) is 2.31. The highest BCUT2D eigenvalue weighted by Crippen LogP contribution is 2.19. The monoisotopic (exact) mass is 411 g/mol. The summed E-state index contributed by atoms with van der Waals surface area (Å²) in [6.07, 6.45) is 0. The number of sulfonamides is 1. The highest BCUT2D eigenvalue weighted by Gasteiger charge is 2.21. The molecule has 3 N–H and O–H groups in total. The van der Waals surface area contributed by atoms with E-state index in [1.807, 2.05) is 37.3 Å². The van der Waals surface area contributed by atoms with Crippen LogP contribution < -0.4 is 10.5 Å². The van der Waals surface area contributed by atoms with Crippen LogP contribution in [0.4, 0.5) is 0 Å². The quantitative estimate of drug-likeness (QED) is 0.731. The fraction of sp³-hybridized carbons (Fsp3) is 0.316. The van der Waals surface area contributed by atoms with E-state index in [0.717, 1.165) is 5.56 Å². The van der Waals surface area contributed by atoms with E-state index >= 15 is 0 Å². The number of likely N-dealkylation sites (N-methyl/N-ethyl adjacent to an activating group) is 1. The summed E-state index contributed by atoms with van der Waals surface area (Å²) in [4.78, 5) is 14.2. The Kier molecular flexibility index (Phi) is 8.43. The lowest BCUT2D eigenvalue weighted by Crippen LogP contribution is -2.39. The zero-order valence-electron chi connectivity index (χ0n) is 15.7. The van der Waals surface area contributed by atoms with Gasteiger partial charge in [-0.3, -0.25) is 4.79 Å². The minimum absolute atomic E-state index is 0. The van der Waals surface area contributed by atoms with Gasteiger partial charge in [-0.1, -0.05) is 36.4 Å². The minimum atomic E-state index is -3.74. The molecule has 0 spiro atoms. The van der Waals surface area contributed by atoms with Gasteiger partial charge in [0, 0.05) is 31.7 Å². The number of rotatable bonds is 7. The maximum Gasteiger partial charge on any atom is 0.253 e. The molecule has 148 valence electrons. The Labute approximate surface area is 167 Å². The summed E-state index contributed by atoms with van der Waals surface area (Å²) in [5.74, 6) is -0.262. The van der Waals surface area contributed by atoms with Gasteiger partial charge in [-0.2, -0.15) is 0 Å². The molecule has 2 rings (SSSR count). The minimum Gasteiger partial charge on any atom is -0.338 e. The fourth-order valence-electron chi connectivity index (χ4n) is 2.44. The van der Waals surface area contributed by atoms with Gasteiger partial charge in [-0.05, 0) is 37.1 Å². The van der Waals surface area contributed by atoms with E-state index in [4.69, 9.17) is 5.73 Å². The summed E-state index contributed by atoms with van der Waals surface area (Å²) < 4.78 is 28.0. The molecule has 0 heterocycles. The maximum atomic E-state index is 12.7. The van der Waals surface area contributed by atoms with Gasteiger partial charge in [-0.25, -0.2) is 13.1 Å². The normalized spacial score (nSPS) is 12.1. The summed E-state index contributed by atoms with van der Waals surface area (Å²) >= 11 is 0. The molecule has 0 saturated carbocycles. The first-order valence-electron chi connectivity index (χ1n) is 8.37. The van der Waals surface area contributed by atoms with Crippen molar-refractivity contribution in [1.29, 1.82) is 0 Å². The lowest BCUT2D eigenvalue weighted by molar-refractivity contribution is 0.0748. The van der Waals surface area contributed by atoms with Gasteiger partial charge in [0.1, 0.15) is 0 Å². The predicted molar refractivity (Wildman–Crippen MR) is 110 cm³/mol. The zero-order chi connectivity index (χ0) is 19.3. The van der Waals surface area contributed by atoms with Gasteiger partial charge in [0.25, 0.3) is 5.91 Å². The molecule has 2 aromatic rings. The Bertz CT molecular complexity index is 873. The third kappa shape index (κ3) is 5.77. The maximum absolute atomic E-state index is 12.7. The number of halogens is 1. The molecule has 0 aliphatic heterocycles. The van der Waals surface area contributed by atoms with E-state index in [0.29, 0.717) is 17.7 Å². The number of hydrogen-bond acceptors (Lipinski definition) is 4. The van der Waals surface area contributed by atoms with E-state index in [1.54, 1.807) is 26.1 Å². The van der Waals surface area contributed by atoms with Crippen molar-refractivity contribution in [2.75, 3.05) is 13.6 Å². The van der Waals surface area contributed by atoms with E-state index in [1.165, 1.54) is 11.0 Å². The third-order valence-electron chi connectivity index (χ3n) is 4.36. The summed E-state index contributed by atoms with van der Waals surface area (Å²) in [6, 6.07) is 13.8. The molecule has 0 bridgehead atoms. The lowest BCUT2D eigenvalue weighted by Gasteiger charge is -2.24. The first kappa shape index (κ1) is 23.1. The Morgan fingerprint density at radius 2 is 1.81 bits per heavy atom. The molecular formula is C19H26ClN3O3S. The zero-order valence-corrected chi connectivity index (χ0v) is 17.3. The van der Waals surface area contributed by atoms with Crippen molar-refractivity contribution < 1.29 is 13.2 Å². The van der Waals surface area contributed by atoms with Crippen LogP contribution in [0.25, 0.3) is 0 Å².